The number of rotatable bonds is 1. The van der Waals surface area contributed by atoms with E-state index in [0.717, 1.165) is 11.1 Å². The lowest BCUT2D eigenvalue weighted by molar-refractivity contribution is 0.0572. The van der Waals surface area contributed by atoms with Gasteiger partial charge in [-0.25, -0.2) is 0 Å². The molecule has 1 aliphatic heterocycles. The largest absolute Gasteiger partial charge is 0.388 e. The number of carbonyl (C=O) groups is 1. The molecule has 0 radical (unpaired) electrons. The SMILES string of the molecule is Cc1cccc(C(=O)N2C[C@@H](O)[C@@H](O)C2)c1C. The minimum Gasteiger partial charge on any atom is -0.388 e. The van der Waals surface area contributed by atoms with Gasteiger partial charge in [0.05, 0.1) is 12.2 Å². The van der Waals surface area contributed by atoms with E-state index in [2.05, 4.69) is 0 Å². The van der Waals surface area contributed by atoms with E-state index in [1.807, 2.05) is 26.0 Å². The van der Waals surface area contributed by atoms with E-state index in [-0.39, 0.29) is 19.0 Å². The smallest absolute Gasteiger partial charge is 0.254 e. The molecule has 4 heteroatoms. The van der Waals surface area contributed by atoms with Crippen LogP contribution >= 0.6 is 0 Å². The second-order valence-corrected chi connectivity index (χ2v) is 4.59. The number of aliphatic hydroxyl groups is 2. The topological polar surface area (TPSA) is 60.8 Å². The summed E-state index contributed by atoms with van der Waals surface area (Å²) in [6.45, 7) is 4.27. The quantitative estimate of drug-likeness (QED) is 0.744. The van der Waals surface area contributed by atoms with Gasteiger partial charge < -0.3 is 15.1 Å². The zero-order chi connectivity index (χ0) is 12.6. The normalized spacial score (nSPS) is 24.1. The average Bonchev–Trinajstić information content (AvgIpc) is 2.62. The molecular formula is C13H17NO3. The lowest BCUT2D eigenvalue weighted by Crippen LogP contribution is -2.30. The number of nitrogens with zero attached hydrogens (tertiary/aromatic N) is 1. The highest BCUT2D eigenvalue weighted by Crippen LogP contribution is 2.18. The first-order valence-electron chi connectivity index (χ1n) is 5.72. The highest BCUT2D eigenvalue weighted by molar-refractivity contribution is 5.96. The van der Waals surface area contributed by atoms with Crippen molar-refractivity contribution in [3.63, 3.8) is 0 Å². The third-order valence-corrected chi connectivity index (χ3v) is 3.38. The van der Waals surface area contributed by atoms with E-state index >= 15 is 0 Å². The molecule has 1 fully saturated rings. The second kappa shape index (κ2) is 4.47. The molecule has 2 N–H and O–H groups in total. The number of likely N-dealkylation sites (tertiary alicyclic amines) is 1. The van der Waals surface area contributed by atoms with E-state index in [1.165, 1.54) is 4.90 Å². The van der Waals surface area contributed by atoms with Crippen molar-refractivity contribution in [2.75, 3.05) is 13.1 Å². The maximum absolute atomic E-state index is 12.2. The number of carbonyl (C=O) groups excluding carboxylic acids is 1. The van der Waals surface area contributed by atoms with E-state index < -0.39 is 12.2 Å². The summed E-state index contributed by atoms with van der Waals surface area (Å²) in [5.74, 6) is -0.123. The van der Waals surface area contributed by atoms with Gasteiger partial charge >= 0.3 is 0 Å². The van der Waals surface area contributed by atoms with Crippen molar-refractivity contribution in [3.8, 4) is 0 Å². The third kappa shape index (κ3) is 2.18. The summed E-state index contributed by atoms with van der Waals surface area (Å²) in [7, 11) is 0. The molecule has 17 heavy (non-hydrogen) atoms. The summed E-state index contributed by atoms with van der Waals surface area (Å²) >= 11 is 0. The maximum Gasteiger partial charge on any atom is 0.254 e. The average molecular weight is 235 g/mol. The molecule has 1 heterocycles. The van der Waals surface area contributed by atoms with Gasteiger partial charge in [-0.3, -0.25) is 4.79 Å². The van der Waals surface area contributed by atoms with Gasteiger partial charge in [0.2, 0.25) is 0 Å². The van der Waals surface area contributed by atoms with E-state index in [4.69, 9.17) is 0 Å². The second-order valence-electron chi connectivity index (χ2n) is 4.59. The van der Waals surface area contributed by atoms with Crippen LogP contribution < -0.4 is 0 Å². The molecule has 0 unspecified atom stereocenters. The Morgan fingerprint density at radius 2 is 1.82 bits per heavy atom. The van der Waals surface area contributed by atoms with Gasteiger partial charge in [0, 0.05) is 18.7 Å². The van der Waals surface area contributed by atoms with Gasteiger partial charge in [-0.1, -0.05) is 12.1 Å². The van der Waals surface area contributed by atoms with Crippen molar-refractivity contribution in [2.24, 2.45) is 0 Å². The minimum atomic E-state index is -0.830. The molecule has 0 aliphatic carbocycles. The molecule has 0 aromatic heterocycles. The third-order valence-electron chi connectivity index (χ3n) is 3.38. The number of aryl methyl sites for hydroxylation is 1. The predicted molar refractivity (Wildman–Crippen MR) is 63.8 cm³/mol. The standard InChI is InChI=1S/C13H17NO3/c1-8-4-3-5-10(9(8)2)13(17)14-6-11(15)12(16)7-14/h3-5,11-12,15-16H,6-7H2,1-2H3/t11-,12+. The van der Waals surface area contributed by atoms with Crippen LogP contribution in [0.3, 0.4) is 0 Å². The molecule has 1 amide bonds. The fourth-order valence-corrected chi connectivity index (χ4v) is 2.09. The molecule has 1 aliphatic rings. The van der Waals surface area contributed by atoms with Crippen LogP contribution in [0.2, 0.25) is 0 Å². The van der Waals surface area contributed by atoms with Crippen LogP contribution in [0, 0.1) is 13.8 Å². The first-order chi connectivity index (χ1) is 8.00. The summed E-state index contributed by atoms with van der Waals surface area (Å²) in [6, 6.07) is 5.58. The predicted octanol–water partition coefficient (Wildman–Crippen LogP) is 0.481. The van der Waals surface area contributed by atoms with Gasteiger partial charge in [0.25, 0.3) is 5.91 Å². The van der Waals surface area contributed by atoms with Gasteiger partial charge in [-0.15, -0.1) is 0 Å². The Labute approximate surface area is 100 Å². The summed E-state index contributed by atoms with van der Waals surface area (Å²) in [6.07, 6.45) is -1.66. The van der Waals surface area contributed by atoms with Crippen molar-refractivity contribution in [1.29, 1.82) is 0 Å². The van der Waals surface area contributed by atoms with Crippen LogP contribution in [0.1, 0.15) is 21.5 Å². The number of β-amino-alcohol motifs (C(OH)–C–C–N with tert-alkyl or cyclic N) is 2. The molecule has 2 rings (SSSR count). The Morgan fingerprint density at radius 1 is 1.24 bits per heavy atom. The van der Waals surface area contributed by atoms with Crippen LogP contribution in [-0.2, 0) is 0 Å². The Kier molecular flexibility index (Phi) is 3.17. The summed E-state index contributed by atoms with van der Waals surface area (Å²) < 4.78 is 0. The summed E-state index contributed by atoms with van der Waals surface area (Å²) in [5, 5.41) is 18.9. The van der Waals surface area contributed by atoms with Crippen LogP contribution in [0.15, 0.2) is 18.2 Å². The Morgan fingerprint density at radius 3 is 2.41 bits per heavy atom. The zero-order valence-electron chi connectivity index (χ0n) is 10.1. The maximum atomic E-state index is 12.2. The minimum absolute atomic E-state index is 0.123. The van der Waals surface area contributed by atoms with Gasteiger partial charge in [0.15, 0.2) is 0 Å². The van der Waals surface area contributed by atoms with Crippen molar-refractivity contribution >= 4 is 5.91 Å². The van der Waals surface area contributed by atoms with Gasteiger partial charge in [0.1, 0.15) is 0 Å². The van der Waals surface area contributed by atoms with Crippen molar-refractivity contribution < 1.29 is 15.0 Å². The highest BCUT2D eigenvalue weighted by atomic mass is 16.3. The molecule has 1 saturated heterocycles. The molecular weight excluding hydrogens is 218 g/mol. The molecule has 1 aromatic rings. The number of amides is 1. The lowest BCUT2D eigenvalue weighted by Gasteiger charge is -2.17. The molecule has 0 spiro atoms. The van der Waals surface area contributed by atoms with Crippen molar-refractivity contribution in [1.82, 2.24) is 4.90 Å². The molecule has 2 atom stereocenters. The van der Waals surface area contributed by atoms with Crippen LogP contribution in [0.25, 0.3) is 0 Å². The first kappa shape index (κ1) is 12.1. The molecule has 4 nitrogen and oxygen atoms in total. The number of benzene rings is 1. The van der Waals surface area contributed by atoms with E-state index in [9.17, 15) is 15.0 Å². The van der Waals surface area contributed by atoms with Crippen LogP contribution in [0.5, 0.6) is 0 Å². The van der Waals surface area contributed by atoms with Crippen molar-refractivity contribution in [2.45, 2.75) is 26.1 Å². The highest BCUT2D eigenvalue weighted by Gasteiger charge is 2.33. The number of hydrogen-bond acceptors (Lipinski definition) is 3. The fraction of sp³-hybridized carbons (Fsp3) is 0.462. The number of hydrogen-bond donors (Lipinski definition) is 2. The fourth-order valence-electron chi connectivity index (χ4n) is 2.09. The van der Waals surface area contributed by atoms with Crippen molar-refractivity contribution in [3.05, 3.63) is 34.9 Å². The van der Waals surface area contributed by atoms with E-state index in [0.29, 0.717) is 5.56 Å². The Balaban J connectivity index is 2.24. The van der Waals surface area contributed by atoms with Gasteiger partial charge in [-0.05, 0) is 31.0 Å². The monoisotopic (exact) mass is 235 g/mol. The summed E-state index contributed by atoms with van der Waals surface area (Å²) in [5.41, 5.74) is 2.66. The molecule has 0 saturated carbocycles. The molecule has 1 aromatic carbocycles. The molecule has 0 bridgehead atoms. The van der Waals surface area contributed by atoms with Crippen LogP contribution in [0.4, 0.5) is 0 Å². The summed E-state index contributed by atoms with van der Waals surface area (Å²) in [4.78, 5) is 13.7. The van der Waals surface area contributed by atoms with E-state index in [1.54, 1.807) is 6.07 Å². The molecule has 92 valence electrons. The first-order valence-corrected chi connectivity index (χ1v) is 5.72. The van der Waals surface area contributed by atoms with Gasteiger partial charge in [-0.2, -0.15) is 0 Å². The number of aliphatic hydroxyl groups excluding tert-OH is 2. The zero-order valence-corrected chi connectivity index (χ0v) is 10.1. The van der Waals surface area contributed by atoms with Crippen LogP contribution in [-0.4, -0.2) is 46.3 Å². The lowest BCUT2D eigenvalue weighted by atomic mass is 10.0. The Bertz CT molecular complexity index is 434. The Hall–Kier alpha value is -1.39.